The van der Waals surface area contributed by atoms with E-state index in [1.54, 1.807) is 13.8 Å². The molecule has 0 saturated carbocycles. The Labute approximate surface area is 217 Å². The van der Waals surface area contributed by atoms with Crippen molar-refractivity contribution in [3.05, 3.63) is 34.4 Å². The molecule has 0 unspecified atom stereocenters. The van der Waals surface area contributed by atoms with Crippen molar-refractivity contribution >= 4 is 46.9 Å². The molecule has 0 aliphatic carbocycles. The average Bonchev–Trinajstić information content (AvgIpc) is 2.83. The molecule has 1 rings (SSSR count). The van der Waals surface area contributed by atoms with Crippen LogP contribution in [0.25, 0.3) is 0 Å². The van der Waals surface area contributed by atoms with E-state index in [-0.39, 0.29) is 23.7 Å². The first kappa shape index (κ1) is 31.5. The average molecular weight is 538 g/mol. The van der Waals surface area contributed by atoms with Gasteiger partial charge in [-0.15, -0.1) is 0 Å². The quantitative estimate of drug-likeness (QED) is 0.133. The van der Waals surface area contributed by atoms with Gasteiger partial charge in [-0.05, 0) is 24.5 Å². The Balaban J connectivity index is 3.11. The molecule has 0 fully saturated rings. The molecule has 38 heavy (non-hydrogen) atoms. The number of carboxylic acids is 2. The monoisotopic (exact) mass is 537 g/mol. The number of benzene rings is 1. The van der Waals surface area contributed by atoms with Gasteiger partial charge in [0.1, 0.15) is 18.1 Å². The Morgan fingerprint density at radius 2 is 1.47 bits per heavy atom. The number of non-ortho nitro benzene ring substituents is 1. The fourth-order valence-electron chi connectivity index (χ4n) is 3.27. The van der Waals surface area contributed by atoms with Gasteiger partial charge in [-0.2, -0.15) is 0 Å². The van der Waals surface area contributed by atoms with Gasteiger partial charge in [0.05, 0.1) is 11.3 Å². The normalized spacial score (nSPS) is 13.7. The maximum atomic E-state index is 13.0. The Kier molecular flexibility index (Phi) is 12.3. The number of nitrogens with one attached hydrogen (secondary N) is 4. The minimum atomic E-state index is -1.64. The molecule has 0 aliphatic heterocycles. The van der Waals surface area contributed by atoms with Crippen LogP contribution in [0.1, 0.15) is 46.5 Å². The number of anilines is 1. The summed E-state index contributed by atoms with van der Waals surface area (Å²) in [4.78, 5) is 82.7. The summed E-state index contributed by atoms with van der Waals surface area (Å²) in [5.74, 6) is -6.29. The first-order valence-electron chi connectivity index (χ1n) is 11.6. The van der Waals surface area contributed by atoms with Crippen LogP contribution < -0.4 is 21.3 Å². The van der Waals surface area contributed by atoms with Crippen molar-refractivity contribution in [1.29, 1.82) is 0 Å². The van der Waals surface area contributed by atoms with Crippen molar-refractivity contribution in [1.82, 2.24) is 16.0 Å². The van der Waals surface area contributed by atoms with Gasteiger partial charge < -0.3 is 31.5 Å². The zero-order valence-corrected chi connectivity index (χ0v) is 21.1. The van der Waals surface area contributed by atoms with Crippen molar-refractivity contribution < 1.29 is 43.9 Å². The van der Waals surface area contributed by atoms with Gasteiger partial charge >= 0.3 is 11.9 Å². The summed E-state index contributed by atoms with van der Waals surface area (Å²) in [5, 5.41) is 38.5. The summed E-state index contributed by atoms with van der Waals surface area (Å²) in [5.41, 5.74) is -0.155. The lowest BCUT2D eigenvalue weighted by molar-refractivity contribution is -0.384. The van der Waals surface area contributed by atoms with E-state index in [1.165, 1.54) is 19.1 Å². The summed E-state index contributed by atoms with van der Waals surface area (Å²) in [6.45, 7) is 4.68. The topological polar surface area (TPSA) is 234 Å². The number of aliphatic carboxylic acids is 2. The fraction of sp³-hybridized carbons (Fsp3) is 0.478. The van der Waals surface area contributed by atoms with Crippen LogP contribution in [0, 0.1) is 16.0 Å². The van der Waals surface area contributed by atoms with Crippen LogP contribution in [-0.2, 0) is 28.8 Å². The second-order valence-corrected chi connectivity index (χ2v) is 8.51. The van der Waals surface area contributed by atoms with Crippen molar-refractivity contribution in [3.8, 4) is 0 Å². The first-order valence-corrected chi connectivity index (χ1v) is 11.6. The van der Waals surface area contributed by atoms with Crippen molar-refractivity contribution in [2.75, 3.05) is 5.32 Å². The zero-order chi connectivity index (χ0) is 29.0. The van der Waals surface area contributed by atoms with Gasteiger partial charge in [-0.25, -0.2) is 0 Å². The van der Waals surface area contributed by atoms with Crippen LogP contribution >= 0.6 is 0 Å². The molecule has 6 N–H and O–H groups in total. The fourth-order valence-corrected chi connectivity index (χ4v) is 3.27. The number of nitrogens with zero attached hydrogens (tertiary/aromatic N) is 1. The SMILES string of the molecule is CC[C@H](C)[C@H](NC(C)=O)C(=O)N[C@@H](CCC(=O)O)C(=O)N[C@@H](CC(=O)O)C(=O)Nc1ccc([N+](=O)[O-])cc1. The number of hydrogen-bond acceptors (Lipinski definition) is 8. The standard InChI is InChI=1S/C23H31N5O10/c1-4-12(2)20(24-13(3)29)23(36)26-16(9-10-18(30)31)21(34)27-17(11-19(32)33)22(35)25-14-5-7-15(8-6-14)28(37)38/h5-8,12,16-17,20H,4,9-11H2,1-3H3,(H,24,29)(H,25,35)(H,26,36)(H,27,34)(H,30,31)(H,32,33)/t12-,16-,17-,20-/m0/s1. The Morgan fingerprint density at radius 3 is 1.95 bits per heavy atom. The molecule has 0 radical (unpaired) electrons. The highest BCUT2D eigenvalue weighted by molar-refractivity contribution is 6.00. The van der Waals surface area contributed by atoms with Gasteiger partial charge in [-0.3, -0.25) is 38.9 Å². The molecule has 1 aromatic carbocycles. The third kappa shape index (κ3) is 10.6. The lowest BCUT2D eigenvalue weighted by atomic mass is 9.97. The van der Waals surface area contributed by atoms with Gasteiger partial charge in [0.25, 0.3) is 5.69 Å². The number of carbonyl (C=O) groups is 6. The third-order valence-electron chi connectivity index (χ3n) is 5.49. The van der Waals surface area contributed by atoms with Crippen molar-refractivity contribution in [3.63, 3.8) is 0 Å². The highest BCUT2D eigenvalue weighted by atomic mass is 16.6. The zero-order valence-electron chi connectivity index (χ0n) is 21.1. The van der Waals surface area contributed by atoms with E-state index in [2.05, 4.69) is 21.3 Å². The minimum absolute atomic E-state index is 0.0904. The number of hydrogen-bond donors (Lipinski definition) is 6. The second-order valence-electron chi connectivity index (χ2n) is 8.51. The van der Waals surface area contributed by atoms with Crippen LogP contribution in [0.15, 0.2) is 24.3 Å². The summed E-state index contributed by atoms with van der Waals surface area (Å²) >= 11 is 0. The van der Waals surface area contributed by atoms with Crippen LogP contribution in [0.3, 0.4) is 0 Å². The van der Waals surface area contributed by atoms with Crippen LogP contribution in [-0.4, -0.2) is 68.8 Å². The number of nitro groups is 1. The molecule has 1 aromatic rings. The van der Waals surface area contributed by atoms with Crippen molar-refractivity contribution in [2.24, 2.45) is 5.92 Å². The largest absolute Gasteiger partial charge is 0.481 e. The number of carboxylic acid groups (broad SMARTS) is 2. The van der Waals surface area contributed by atoms with E-state index in [0.29, 0.717) is 6.42 Å². The summed E-state index contributed by atoms with van der Waals surface area (Å²) in [6, 6.07) is 0.507. The molecule has 0 bridgehead atoms. The highest BCUT2D eigenvalue weighted by Gasteiger charge is 2.32. The van der Waals surface area contributed by atoms with Crippen molar-refractivity contribution in [2.45, 2.75) is 64.6 Å². The number of carbonyl (C=O) groups excluding carboxylic acids is 4. The summed E-state index contributed by atoms with van der Waals surface area (Å²) in [7, 11) is 0. The predicted molar refractivity (Wildman–Crippen MR) is 132 cm³/mol. The molecule has 0 heterocycles. The molecule has 15 nitrogen and oxygen atoms in total. The molecule has 0 aromatic heterocycles. The van der Waals surface area contributed by atoms with E-state index in [4.69, 9.17) is 5.11 Å². The summed E-state index contributed by atoms with van der Waals surface area (Å²) < 4.78 is 0. The molecule has 4 amide bonds. The first-order chi connectivity index (χ1) is 17.7. The molecule has 15 heteroatoms. The van der Waals surface area contributed by atoms with Crippen LogP contribution in [0.4, 0.5) is 11.4 Å². The molecular formula is C23H31N5O10. The van der Waals surface area contributed by atoms with Gasteiger partial charge in [-0.1, -0.05) is 20.3 Å². The van der Waals surface area contributed by atoms with E-state index < -0.39 is 71.5 Å². The second kappa shape index (κ2) is 14.9. The van der Waals surface area contributed by atoms with E-state index in [1.807, 2.05) is 0 Å². The van der Waals surface area contributed by atoms with Gasteiger partial charge in [0, 0.05) is 31.2 Å². The summed E-state index contributed by atoms with van der Waals surface area (Å²) in [6.07, 6.45) is -1.28. The van der Waals surface area contributed by atoms with Gasteiger partial charge in [0.15, 0.2) is 0 Å². The Hall–Kier alpha value is -4.56. The number of nitro benzene ring substituents is 1. The molecule has 0 saturated heterocycles. The predicted octanol–water partition coefficient (Wildman–Crippen LogP) is 0.393. The van der Waals surface area contributed by atoms with Gasteiger partial charge in [0.2, 0.25) is 23.6 Å². The number of rotatable bonds is 15. The van der Waals surface area contributed by atoms with E-state index >= 15 is 0 Å². The minimum Gasteiger partial charge on any atom is -0.481 e. The third-order valence-corrected chi connectivity index (χ3v) is 5.49. The molecule has 0 aliphatic rings. The lowest BCUT2D eigenvalue weighted by Gasteiger charge is -2.27. The molecule has 208 valence electrons. The Bertz CT molecular complexity index is 1060. The lowest BCUT2D eigenvalue weighted by Crippen LogP contribution is -2.57. The van der Waals surface area contributed by atoms with Crippen LogP contribution in [0.2, 0.25) is 0 Å². The molecule has 0 spiro atoms. The van der Waals surface area contributed by atoms with Crippen LogP contribution in [0.5, 0.6) is 0 Å². The molecule has 4 atom stereocenters. The Morgan fingerprint density at radius 1 is 0.895 bits per heavy atom. The molecular weight excluding hydrogens is 506 g/mol. The maximum Gasteiger partial charge on any atom is 0.305 e. The highest BCUT2D eigenvalue weighted by Crippen LogP contribution is 2.16. The smallest absolute Gasteiger partial charge is 0.305 e. The maximum absolute atomic E-state index is 13.0. The van der Waals surface area contributed by atoms with E-state index in [0.717, 1.165) is 12.1 Å². The van der Waals surface area contributed by atoms with E-state index in [9.17, 15) is 44.0 Å². The number of amides is 4.